The number of amides is 1. The number of hydrogen-bond acceptors (Lipinski definition) is 6. The van der Waals surface area contributed by atoms with Gasteiger partial charge in [-0.3, -0.25) is 14.3 Å². The molecule has 2 N–H and O–H groups in total. The fourth-order valence-electron chi connectivity index (χ4n) is 4.07. The molecule has 0 aliphatic rings. The molecule has 3 aromatic heterocycles. The van der Waals surface area contributed by atoms with Crippen LogP contribution in [0.25, 0.3) is 5.52 Å². The van der Waals surface area contributed by atoms with Crippen LogP contribution in [0.1, 0.15) is 37.5 Å². The molecule has 8 nitrogen and oxygen atoms in total. The Bertz CT molecular complexity index is 1810. The van der Waals surface area contributed by atoms with E-state index in [0.717, 1.165) is 11.3 Å². The van der Waals surface area contributed by atoms with Crippen LogP contribution in [-0.2, 0) is 10.0 Å². The number of halogens is 1. The van der Waals surface area contributed by atoms with E-state index in [1.54, 1.807) is 35.0 Å². The quantitative estimate of drug-likeness (QED) is 0.154. The molecule has 0 saturated heterocycles. The number of hydrogen-bond donors (Lipinski definition) is 2. The van der Waals surface area contributed by atoms with Gasteiger partial charge in [-0.15, -0.1) is 11.3 Å². The number of hydrazone groups is 1. The average Bonchev–Trinajstić information content (AvgIpc) is 3.57. The summed E-state index contributed by atoms with van der Waals surface area (Å²) in [6.07, 6.45) is 3.22. The van der Waals surface area contributed by atoms with Crippen LogP contribution in [0.5, 0.6) is 0 Å². The molecule has 39 heavy (non-hydrogen) atoms. The molecule has 0 spiro atoms. The van der Waals surface area contributed by atoms with Gasteiger partial charge in [0, 0.05) is 28.6 Å². The summed E-state index contributed by atoms with van der Waals surface area (Å²) in [4.78, 5) is 25.9. The van der Waals surface area contributed by atoms with Crippen LogP contribution in [0.2, 0.25) is 0 Å². The summed E-state index contributed by atoms with van der Waals surface area (Å²) in [6, 6.07) is 19.9. The molecule has 0 saturated carbocycles. The van der Waals surface area contributed by atoms with E-state index in [-0.39, 0.29) is 15.6 Å². The van der Waals surface area contributed by atoms with Gasteiger partial charge < -0.3 is 4.40 Å². The molecular formula is C28H21FN4O4S2. The maximum Gasteiger partial charge on any atom is 0.271 e. The minimum absolute atomic E-state index is 0.190. The first-order chi connectivity index (χ1) is 18.7. The van der Waals surface area contributed by atoms with Crippen molar-refractivity contribution in [3.63, 3.8) is 0 Å². The second-order valence-electron chi connectivity index (χ2n) is 8.49. The molecule has 3 heterocycles. The lowest BCUT2D eigenvalue weighted by Gasteiger charge is -2.07. The van der Waals surface area contributed by atoms with Crippen molar-refractivity contribution in [2.75, 3.05) is 4.72 Å². The summed E-state index contributed by atoms with van der Waals surface area (Å²) in [7, 11) is -3.69. The number of carbonyl (C=O) groups is 2. The third-order valence-corrected chi connectivity index (χ3v) is 8.76. The van der Waals surface area contributed by atoms with Crippen LogP contribution in [0.15, 0.2) is 99.8 Å². The Kier molecular flexibility index (Phi) is 7.09. The number of pyridine rings is 1. The minimum Gasteiger partial charge on any atom is -0.313 e. The minimum atomic E-state index is -3.69. The summed E-state index contributed by atoms with van der Waals surface area (Å²) in [5.74, 6) is -1.20. The molecule has 0 unspecified atom stereocenters. The molecule has 0 radical (unpaired) electrons. The highest BCUT2D eigenvalue weighted by atomic mass is 32.2. The van der Waals surface area contributed by atoms with Gasteiger partial charge in [0.15, 0.2) is 0 Å². The predicted molar refractivity (Wildman–Crippen MR) is 149 cm³/mol. The van der Waals surface area contributed by atoms with Crippen molar-refractivity contribution in [3.05, 3.63) is 124 Å². The average molecular weight is 561 g/mol. The third-order valence-electron chi connectivity index (χ3n) is 5.98. The van der Waals surface area contributed by atoms with Crippen LogP contribution in [0, 0.1) is 12.7 Å². The molecule has 0 aliphatic carbocycles. The zero-order valence-electron chi connectivity index (χ0n) is 20.5. The highest BCUT2D eigenvalue weighted by molar-refractivity contribution is 7.94. The van der Waals surface area contributed by atoms with E-state index in [4.69, 9.17) is 0 Å². The fourth-order valence-corrected chi connectivity index (χ4v) is 6.12. The number of anilines is 1. The Morgan fingerprint density at radius 2 is 1.67 bits per heavy atom. The first-order valence-electron chi connectivity index (χ1n) is 11.6. The number of carbonyl (C=O) groups excluding carboxylic acids is 2. The van der Waals surface area contributed by atoms with E-state index in [2.05, 4.69) is 15.2 Å². The Morgan fingerprint density at radius 3 is 2.36 bits per heavy atom. The second kappa shape index (κ2) is 10.6. The molecule has 1 amide bonds. The number of nitrogens with zero attached hydrogens (tertiary/aromatic N) is 2. The lowest BCUT2D eigenvalue weighted by atomic mass is 10.0. The normalized spacial score (nSPS) is 11.6. The Labute approximate surface area is 227 Å². The van der Waals surface area contributed by atoms with Crippen molar-refractivity contribution in [1.82, 2.24) is 9.83 Å². The zero-order chi connectivity index (χ0) is 27.6. The second-order valence-corrected chi connectivity index (χ2v) is 11.4. The molecule has 0 fully saturated rings. The van der Waals surface area contributed by atoms with Crippen molar-refractivity contribution < 1.29 is 22.4 Å². The summed E-state index contributed by atoms with van der Waals surface area (Å²) in [5, 5.41) is 5.76. The molecule has 11 heteroatoms. The van der Waals surface area contributed by atoms with E-state index in [1.807, 2.05) is 12.1 Å². The van der Waals surface area contributed by atoms with E-state index in [9.17, 15) is 22.4 Å². The first-order valence-corrected chi connectivity index (χ1v) is 14.0. The molecule has 5 aromatic rings. The SMILES string of the molecule is Cc1c(C=NNC(=O)c2ccc(NS(=O)(=O)c3cccs3)cc2)c2ccccn2c1C(=O)c1ccc(F)cc1. The van der Waals surface area contributed by atoms with Crippen LogP contribution < -0.4 is 10.1 Å². The number of nitrogens with one attached hydrogen (secondary N) is 2. The topological polar surface area (TPSA) is 109 Å². The molecule has 0 atom stereocenters. The van der Waals surface area contributed by atoms with Crippen molar-refractivity contribution >= 4 is 50.5 Å². The van der Waals surface area contributed by atoms with E-state index >= 15 is 0 Å². The van der Waals surface area contributed by atoms with Gasteiger partial charge in [0.1, 0.15) is 10.0 Å². The van der Waals surface area contributed by atoms with Crippen LogP contribution in [-0.4, -0.2) is 30.7 Å². The van der Waals surface area contributed by atoms with Crippen molar-refractivity contribution in [3.8, 4) is 0 Å². The van der Waals surface area contributed by atoms with Gasteiger partial charge in [0.25, 0.3) is 15.9 Å². The Hall–Kier alpha value is -4.61. The van der Waals surface area contributed by atoms with Crippen molar-refractivity contribution in [2.24, 2.45) is 5.10 Å². The number of fused-ring (bicyclic) bond motifs is 1. The molecule has 2 aromatic carbocycles. The summed E-state index contributed by atoms with van der Waals surface area (Å²) in [5.41, 5.74) is 5.81. The van der Waals surface area contributed by atoms with Gasteiger partial charge >= 0.3 is 0 Å². The molecule has 5 rings (SSSR count). The van der Waals surface area contributed by atoms with Gasteiger partial charge in [0.05, 0.1) is 17.4 Å². The number of ketones is 1. The maximum atomic E-state index is 13.4. The van der Waals surface area contributed by atoms with Gasteiger partial charge in [-0.25, -0.2) is 18.2 Å². The van der Waals surface area contributed by atoms with E-state index < -0.39 is 21.7 Å². The number of benzene rings is 2. The van der Waals surface area contributed by atoms with E-state index in [1.165, 1.54) is 60.8 Å². The van der Waals surface area contributed by atoms with Crippen LogP contribution in [0.3, 0.4) is 0 Å². The molecular weight excluding hydrogens is 539 g/mol. The number of sulfonamides is 1. The lowest BCUT2D eigenvalue weighted by Crippen LogP contribution is -2.18. The molecule has 196 valence electrons. The number of rotatable bonds is 8. The zero-order valence-corrected chi connectivity index (χ0v) is 22.1. The monoisotopic (exact) mass is 560 g/mol. The smallest absolute Gasteiger partial charge is 0.271 e. The molecule has 0 aliphatic heterocycles. The number of aromatic nitrogens is 1. The van der Waals surface area contributed by atoms with Crippen molar-refractivity contribution in [1.29, 1.82) is 0 Å². The Morgan fingerprint density at radius 1 is 0.949 bits per heavy atom. The lowest BCUT2D eigenvalue weighted by molar-refractivity contribution is 0.0954. The first kappa shape index (κ1) is 26.0. The van der Waals surface area contributed by atoms with Gasteiger partial charge in [-0.05, 0) is 84.6 Å². The summed E-state index contributed by atoms with van der Waals surface area (Å²) in [6.45, 7) is 1.78. The standard InChI is InChI=1S/C28H21FN4O4S2/c1-18-23(24-5-2-3-15-33(24)26(18)27(34)19-7-11-21(29)12-8-19)17-30-31-28(35)20-9-13-22(14-10-20)32-39(36,37)25-6-4-16-38-25/h2-17,32H,1H3,(H,31,35). The highest BCUT2D eigenvalue weighted by Gasteiger charge is 2.21. The highest BCUT2D eigenvalue weighted by Crippen LogP contribution is 2.25. The summed E-state index contributed by atoms with van der Waals surface area (Å²) >= 11 is 1.10. The van der Waals surface area contributed by atoms with Gasteiger partial charge in [-0.2, -0.15) is 5.10 Å². The third kappa shape index (κ3) is 5.35. The fraction of sp³-hybridized carbons (Fsp3) is 0.0357. The molecule has 0 bridgehead atoms. The summed E-state index contributed by atoms with van der Waals surface area (Å²) < 4.78 is 42.5. The van der Waals surface area contributed by atoms with E-state index in [0.29, 0.717) is 33.6 Å². The van der Waals surface area contributed by atoms with Crippen LogP contribution >= 0.6 is 11.3 Å². The van der Waals surface area contributed by atoms with Crippen LogP contribution in [0.4, 0.5) is 10.1 Å². The van der Waals surface area contributed by atoms with Crippen molar-refractivity contribution in [2.45, 2.75) is 11.1 Å². The Balaban J connectivity index is 1.33. The van der Waals surface area contributed by atoms with Gasteiger partial charge in [-0.1, -0.05) is 12.1 Å². The maximum absolute atomic E-state index is 13.4. The number of thiophene rings is 1. The predicted octanol–water partition coefficient (Wildman–Crippen LogP) is 5.24. The van der Waals surface area contributed by atoms with Gasteiger partial charge in [0.2, 0.25) is 5.78 Å². The largest absolute Gasteiger partial charge is 0.313 e.